The molecule has 6 heteroatoms. The Morgan fingerprint density at radius 1 is 1.20 bits per heavy atom. The van der Waals surface area contributed by atoms with E-state index in [2.05, 4.69) is 4.98 Å². The van der Waals surface area contributed by atoms with Gasteiger partial charge in [0, 0.05) is 24.8 Å². The van der Waals surface area contributed by atoms with Gasteiger partial charge in [-0.2, -0.15) is 0 Å². The number of hydrogen-bond acceptors (Lipinski definition) is 3. The van der Waals surface area contributed by atoms with Crippen LogP contribution in [0.4, 0.5) is 4.39 Å². The van der Waals surface area contributed by atoms with Crippen molar-refractivity contribution in [3.05, 3.63) is 65.2 Å². The van der Waals surface area contributed by atoms with Gasteiger partial charge in [-0.3, -0.25) is 4.79 Å². The van der Waals surface area contributed by atoms with Crippen LogP contribution in [-0.4, -0.2) is 40.0 Å². The molecule has 0 saturated carbocycles. The summed E-state index contributed by atoms with van der Waals surface area (Å²) in [4.78, 5) is 29.0. The van der Waals surface area contributed by atoms with Crippen LogP contribution in [0.1, 0.15) is 39.3 Å². The highest BCUT2D eigenvalue weighted by Gasteiger charge is 2.24. The van der Waals surface area contributed by atoms with E-state index in [0.29, 0.717) is 24.6 Å². The van der Waals surface area contributed by atoms with Crippen molar-refractivity contribution in [2.24, 2.45) is 5.92 Å². The number of likely N-dealkylation sites (tertiary alicyclic amines) is 1. The number of piperidine rings is 1. The SMILES string of the molecule is O=C(O)c1cc(C(=O)N2CCC(Cc3cccc(F)c3)CC2)ccn1. The molecule has 1 N–H and O–H groups in total. The van der Waals surface area contributed by atoms with Gasteiger partial charge < -0.3 is 10.0 Å². The molecule has 1 fully saturated rings. The zero-order chi connectivity index (χ0) is 17.8. The van der Waals surface area contributed by atoms with Crippen molar-refractivity contribution < 1.29 is 19.1 Å². The molecular weight excluding hydrogens is 323 g/mol. The molecule has 1 saturated heterocycles. The Morgan fingerprint density at radius 2 is 1.96 bits per heavy atom. The number of halogens is 1. The molecule has 0 unspecified atom stereocenters. The topological polar surface area (TPSA) is 70.5 Å². The second-order valence-electron chi connectivity index (χ2n) is 6.30. The summed E-state index contributed by atoms with van der Waals surface area (Å²) in [7, 11) is 0. The summed E-state index contributed by atoms with van der Waals surface area (Å²) in [6, 6.07) is 9.47. The van der Waals surface area contributed by atoms with Gasteiger partial charge in [-0.25, -0.2) is 14.2 Å². The number of amides is 1. The Kier molecular flexibility index (Phi) is 5.07. The second-order valence-corrected chi connectivity index (χ2v) is 6.30. The monoisotopic (exact) mass is 342 g/mol. The van der Waals surface area contributed by atoms with E-state index < -0.39 is 5.97 Å². The number of carboxylic acids is 1. The average molecular weight is 342 g/mol. The van der Waals surface area contributed by atoms with Crippen LogP contribution in [0.25, 0.3) is 0 Å². The van der Waals surface area contributed by atoms with E-state index in [9.17, 15) is 14.0 Å². The molecule has 0 spiro atoms. The Labute approximate surface area is 145 Å². The van der Waals surface area contributed by atoms with Gasteiger partial charge in [0.1, 0.15) is 11.5 Å². The summed E-state index contributed by atoms with van der Waals surface area (Å²) in [5.74, 6) is -1.13. The van der Waals surface area contributed by atoms with Gasteiger partial charge in [0.25, 0.3) is 5.91 Å². The number of aromatic carboxylic acids is 1. The molecule has 0 atom stereocenters. The molecule has 2 heterocycles. The first kappa shape index (κ1) is 17.1. The fourth-order valence-corrected chi connectivity index (χ4v) is 3.20. The third kappa shape index (κ3) is 4.21. The minimum absolute atomic E-state index is 0.133. The van der Waals surface area contributed by atoms with Gasteiger partial charge in [-0.1, -0.05) is 12.1 Å². The van der Waals surface area contributed by atoms with Gasteiger partial charge in [-0.15, -0.1) is 0 Å². The maximum absolute atomic E-state index is 13.3. The molecule has 1 aliphatic rings. The van der Waals surface area contributed by atoms with E-state index in [-0.39, 0.29) is 17.4 Å². The van der Waals surface area contributed by atoms with Crippen LogP contribution in [0.15, 0.2) is 42.6 Å². The van der Waals surface area contributed by atoms with Crippen molar-refractivity contribution in [3.8, 4) is 0 Å². The van der Waals surface area contributed by atoms with E-state index in [0.717, 1.165) is 24.8 Å². The number of pyridine rings is 1. The maximum Gasteiger partial charge on any atom is 0.354 e. The first-order chi connectivity index (χ1) is 12.0. The standard InChI is InChI=1S/C19H19FN2O3/c20-16-3-1-2-14(11-16)10-13-5-8-22(9-6-13)18(23)15-4-7-21-17(12-15)19(24)25/h1-4,7,11-13H,5-6,8-10H2,(H,24,25). The van der Waals surface area contributed by atoms with E-state index in [1.165, 1.54) is 24.4 Å². The Balaban J connectivity index is 1.59. The fourth-order valence-electron chi connectivity index (χ4n) is 3.20. The molecule has 2 aromatic rings. The van der Waals surface area contributed by atoms with Crippen molar-refractivity contribution in [2.75, 3.05) is 13.1 Å². The largest absolute Gasteiger partial charge is 0.477 e. The minimum Gasteiger partial charge on any atom is -0.477 e. The maximum atomic E-state index is 13.3. The number of carboxylic acid groups (broad SMARTS) is 1. The lowest BCUT2D eigenvalue weighted by molar-refractivity contribution is 0.0689. The molecule has 5 nitrogen and oxygen atoms in total. The number of carbonyl (C=O) groups excluding carboxylic acids is 1. The lowest BCUT2D eigenvalue weighted by Crippen LogP contribution is -2.39. The molecule has 0 bridgehead atoms. The first-order valence-electron chi connectivity index (χ1n) is 8.26. The molecule has 0 aliphatic carbocycles. The summed E-state index contributed by atoms with van der Waals surface area (Å²) in [5.41, 5.74) is 1.19. The van der Waals surface area contributed by atoms with Crippen LogP contribution in [0, 0.1) is 11.7 Å². The zero-order valence-electron chi connectivity index (χ0n) is 13.7. The zero-order valence-corrected chi connectivity index (χ0v) is 13.7. The van der Waals surface area contributed by atoms with Crippen LogP contribution in [0.2, 0.25) is 0 Å². The normalized spacial score (nSPS) is 15.2. The van der Waals surface area contributed by atoms with E-state index in [1.54, 1.807) is 17.0 Å². The summed E-state index contributed by atoms with van der Waals surface area (Å²) in [6.45, 7) is 1.23. The minimum atomic E-state index is -1.15. The second kappa shape index (κ2) is 7.42. The molecule has 0 radical (unpaired) electrons. The van der Waals surface area contributed by atoms with Gasteiger partial charge >= 0.3 is 5.97 Å². The van der Waals surface area contributed by atoms with Crippen LogP contribution in [-0.2, 0) is 6.42 Å². The van der Waals surface area contributed by atoms with Crippen LogP contribution < -0.4 is 0 Å². The number of aromatic nitrogens is 1. The molecule has 1 aliphatic heterocycles. The first-order valence-corrected chi connectivity index (χ1v) is 8.26. The van der Waals surface area contributed by atoms with Gasteiger partial charge in [0.2, 0.25) is 0 Å². The number of carbonyl (C=O) groups is 2. The van der Waals surface area contributed by atoms with Gasteiger partial charge in [0.15, 0.2) is 0 Å². The molecule has 25 heavy (non-hydrogen) atoms. The number of nitrogens with zero attached hydrogens (tertiary/aromatic N) is 2. The van der Waals surface area contributed by atoms with Crippen molar-refractivity contribution in [1.82, 2.24) is 9.88 Å². The highest BCUT2D eigenvalue weighted by Crippen LogP contribution is 2.23. The van der Waals surface area contributed by atoms with Gasteiger partial charge in [0.05, 0.1) is 0 Å². The van der Waals surface area contributed by atoms with Crippen molar-refractivity contribution >= 4 is 11.9 Å². The molecule has 1 amide bonds. The Bertz CT molecular complexity index is 786. The number of rotatable bonds is 4. The Hall–Kier alpha value is -2.76. The summed E-state index contributed by atoms with van der Waals surface area (Å²) < 4.78 is 13.3. The predicted octanol–water partition coefficient (Wildman–Crippen LogP) is 3.01. The quantitative estimate of drug-likeness (QED) is 0.927. The lowest BCUT2D eigenvalue weighted by Gasteiger charge is -2.32. The van der Waals surface area contributed by atoms with Crippen LogP contribution in [0.5, 0.6) is 0 Å². The molecule has 3 rings (SSSR count). The van der Waals surface area contributed by atoms with Gasteiger partial charge in [-0.05, 0) is 55.0 Å². The number of hydrogen-bond donors (Lipinski definition) is 1. The van der Waals surface area contributed by atoms with E-state index in [4.69, 9.17) is 5.11 Å². The fraction of sp³-hybridized carbons (Fsp3) is 0.316. The summed E-state index contributed by atoms with van der Waals surface area (Å²) in [5, 5.41) is 8.98. The molecule has 1 aromatic carbocycles. The molecular formula is C19H19FN2O3. The average Bonchev–Trinajstić information content (AvgIpc) is 2.62. The summed E-state index contributed by atoms with van der Waals surface area (Å²) in [6.07, 6.45) is 3.84. The number of benzene rings is 1. The van der Waals surface area contributed by atoms with E-state index in [1.807, 2.05) is 6.07 Å². The van der Waals surface area contributed by atoms with Crippen molar-refractivity contribution in [1.29, 1.82) is 0 Å². The lowest BCUT2D eigenvalue weighted by atomic mass is 9.90. The highest BCUT2D eigenvalue weighted by atomic mass is 19.1. The third-order valence-electron chi connectivity index (χ3n) is 4.54. The highest BCUT2D eigenvalue weighted by molar-refractivity contribution is 5.96. The summed E-state index contributed by atoms with van der Waals surface area (Å²) >= 11 is 0. The molecule has 1 aromatic heterocycles. The predicted molar refractivity (Wildman–Crippen MR) is 89.9 cm³/mol. The van der Waals surface area contributed by atoms with Crippen molar-refractivity contribution in [3.63, 3.8) is 0 Å². The molecule has 130 valence electrons. The van der Waals surface area contributed by atoms with Crippen LogP contribution in [0.3, 0.4) is 0 Å². The van der Waals surface area contributed by atoms with Crippen LogP contribution >= 0.6 is 0 Å². The Morgan fingerprint density at radius 3 is 2.64 bits per heavy atom. The van der Waals surface area contributed by atoms with E-state index >= 15 is 0 Å². The van der Waals surface area contributed by atoms with Crippen molar-refractivity contribution in [2.45, 2.75) is 19.3 Å². The smallest absolute Gasteiger partial charge is 0.354 e. The third-order valence-corrected chi connectivity index (χ3v) is 4.54.